The monoisotopic (exact) mass is 338 g/mol. The van der Waals surface area contributed by atoms with Gasteiger partial charge in [0.25, 0.3) is 0 Å². The van der Waals surface area contributed by atoms with Crippen LogP contribution >= 0.6 is 27.5 Å². The molecule has 1 rings (SSSR count). The maximum Gasteiger partial charge on any atom is 0.150 e. The zero-order chi connectivity index (χ0) is 12.9. The number of sulfone groups is 1. The Labute approximate surface area is 116 Å². The number of halogens is 2. The van der Waals surface area contributed by atoms with Crippen molar-refractivity contribution in [1.29, 1.82) is 0 Å². The molecule has 5 heteroatoms. The van der Waals surface area contributed by atoms with Crippen LogP contribution < -0.4 is 0 Å². The second-order valence-electron chi connectivity index (χ2n) is 3.90. The summed E-state index contributed by atoms with van der Waals surface area (Å²) >= 11 is 9.40. The van der Waals surface area contributed by atoms with E-state index in [-0.39, 0.29) is 17.4 Å². The van der Waals surface area contributed by atoms with Crippen LogP contribution in [0.5, 0.6) is 0 Å². The number of hydrogen-bond donors (Lipinski definition) is 0. The molecule has 0 aliphatic rings. The lowest BCUT2D eigenvalue weighted by Gasteiger charge is -2.15. The van der Waals surface area contributed by atoms with Gasteiger partial charge in [-0.15, -0.1) is 11.6 Å². The van der Waals surface area contributed by atoms with E-state index in [1.165, 1.54) is 0 Å². The topological polar surface area (TPSA) is 34.1 Å². The molecule has 2 nitrogen and oxygen atoms in total. The molecule has 0 spiro atoms. The molecule has 0 heterocycles. The highest BCUT2D eigenvalue weighted by atomic mass is 79.9. The molecule has 0 aliphatic carbocycles. The van der Waals surface area contributed by atoms with E-state index < -0.39 is 9.84 Å². The van der Waals surface area contributed by atoms with Crippen LogP contribution in [0.25, 0.3) is 0 Å². The van der Waals surface area contributed by atoms with Crippen LogP contribution in [-0.4, -0.2) is 25.8 Å². The molecule has 0 N–H and O–H groups in total. The second-order valence-corrected chi connectivity index (χ2v) is 7.53. The second kappa shape index (κ2) is 6.76. The lowest BCUT2D eigenvalue weighted by molar-refractivity contribution is 0.590. The van der Waals surface area contributed by atoms with Gasteiger partial charge in [-0.25, -0.2) is 8.42 Å². The molecule has 0 fully saturated rings. The molecule has 0 bridgehead atoms. The van der Waals surface area contributed by atoms with Crippen molar-refractivity contribution in [2.24, 2.45) is 0 Å². The van der Waals surface area contributed by atoms with Crippen molar-refractivity contribution in [2.75, 3.05) is 17.4 Å². The van der Waals surface area contributed by atoms with Crippen LogP contribution in [0.15, 0.2) is 28.7 Å². The molecule has 0 aromatic heterocycles. The standard InChI is InChI=1S/C12H16BrClO2S/c1-2-17(15,16)8-7-10(9-14)11-5-3-4-6-12(11)13/h3-6,10H,2,7-9H2,1H3. The summed E-state index contributed by atoms with van der Waals surface area (Å²) in [6, 6.07) is 7.80. The highest BCUT2D eigenvalue weighted by Crippen LogP contribution is 2.28. The van der Waals surface area contributed by atoms with Crippen molar-refractivity contribution in [3.05, 3.63) is 34.3 Å². The van der Waals surface area contributed by atoms with Crippen LogP contribution in [-0.2, 0) is 9.84 Å². The van der Waals surface area contributed by atoms with E-state index in [1.807, 2.05) is 24.3 Å². The normalized spacial score (nSPS) is 13.6. The highest BCUT2D eigenvalue weighted by molar-refractivity contribution is 9.10. The van der Waals surface area contributed by atoms with Gasteiger partial charge < -0.3 is 0 Å². The van der Waals surface area contributed by atoms with Gasteiger partial charge in [-0.2, -0.15) is 0 Å². The summed E-state index contributed by atoms with van der Waals surface area (Å²) in [6.45, 7) is 1.67. The number of hydrogen-bond acceptors (Lipinski definition) is 2. The summed E-state index contributed by atoms with van der Waals surface area (Å²) in [5.74, 6) is 0.899. The number of benzene rings is 1. The average molecular weight is 340 g/mol. The summed E-state index contributed by atoms with van der Waals surface area (Å²) in [6.07, 6.45) is 0.572. The van der Waals surface area contributed by atoms with Crippen molar-refractivity contribution in [3.8, 4) is 0 Å². The Hall–Kier alpha value is -0.0600. The molecule has 1 atom stereocenters. The van der Waals surface area contributed by atoms with Crippen LogP contribution in [0, 0.1) is 0 Å². The Morgan fingerprint density at radius 3 is 2.53 bits per heavy atom. The zero-order valence-electron chi connectivity index (χ0n) is 9.70. The third-order valence-electron chi connectivity index (χ3n) is 2.75. The van der Waals surface area contributed by atoms with Gasteiger partial charge in [0.05, 0.1) is 5.75 Å². The summed E-state index contributed by atoms with van der Waals surface area (Å²) in [5, 5.41) is 0. The van der Waals surface area contributed by atoms with Gasteiger partial charge in [-0.05, 0) is 24.0 Å². The third kappa shape index (κ3) is 4.60. The van der Waals surface area contributed by atoms with E-state index in [0.29, 0.717) is 12.3 Å². The fourth-order valence-corrected chi connectivity index (χ4v) is 3.45. The molecular weight excluding hydrogens is 324 g/mol. The highest BCUT2D eigenvalue weighted by Gasteiger charge is 2.17. The number of rotatable bonds is 6. The zero-order valence-corrected chi connectivity index (χ0v) is 12.9. The van der Waals surface area contributed by atoms with Gasteiger partial charge in [0.15, 0.2) is 0 Å². The largest absolute Gasteiger partial charge is 0.229 e. The first kappa shape index (κ1) is 15.0. The van der Waals surface area contributed by atoms with Crippen LogP contribution in [0.2, 0.25) is 0 Å². The molecule has 0 radical (unpaired) electrons. The minimum Gasteiger partial charge on any atom is -0.229 e. The van der Waals surface area contributed by atoms with E-state index in [0.717, 1.165) is 10.0 Å². The predicted molar refractivity (Wildman–Crippen MR) is 76.5 cm³/mol. The first-order valence-corrected chi connectivity index (χ1v) is 8.66. The van der Waals surface area contributed by atoms with E-state index in [4.69, 9.17) is 11.6 Å². The quantitative estimate of drug-likeness (QED) is 0.742. The summed E-state index contributed by atoms with van der Waals surface area (Å²) in [5.41, 5.74) is 1.08. The maximum atomic E-state index is 11.5. The van der Waals surface area contributed by atoms with Crippen molar-refractivity contribution in [2.45, 2.75) is 19.3 Å². The molecular formula is C12H16BrClO2S. The average Bonchev–Trinajstić information content (AvgIpc) is 2.32. The van der Waals surface area contributed by atoms with E-state index in [2.05, 4.69) is 15.9 Å². The first-order chi connectivity index (χ1) is 8.00. The third-order valence-corrected chi connectivity index (χ3v) is 5.58. The van der Waals surface area contributed by atoms with E-state index in [1.54, 1.807) is 6.92 Å². The van der Waals surface area contributed by atoms with E-state index >= 15 is 0 Å². The SMILES string of the molecule is CCS(=O)(=O)CCC(CCl)c1ccccc1Br. The van der Waals surface area contributed by atoms with Crippen LogP contribution in [0.3, 0.4) is 0 Å². The van der Waals surface area contributed by atoms with Crippen molar-refractivity contribution >= 4 is 37.4 Å². The minimum absolute atomic E-state index is 0.0774. The van der Waals surface area contributed by atoms with Gasteiger partial charge >= 0.3 is 0 Å². The molecule has 96 valence electrons. The van der Waals surface area contributed by atoms with Gasteiger partial charge in [-0.1, -0.05) is 41.1 Å². The molecule has 0 saturated heterocycles. The van der Waals surface area contributed by atoms with Crippen LogP contribution in [0.1, 0.15) is 24.8 Å². The lowest BCUT2D eigenvalue weighted by Crippen LogP contribution is -2.13. The van der Waals surface area contributed by atoms with Crippen molar-refractivity contribution in [3.63, 3.8) is 0 Å². The first-order valence-electron chi connectivity index (χ1n) is 5.51. The maximum absolute atomic E-state index is 11.5. The van der Waals surface area contributed by atoms with Crippen LogP contribution in [0.4, 0.5) is 0 Å². The van der Waals surface area contributed by atoms with Gasteiger partial charge in [-0.3, -0.25) is 0 Å². The van der Waals surface area contributed by atoms with Gasteiger partial charge in [0.1, 0.15) is 9.84 Å². The van der Waals surface area contributed by atoms with Crippen molar-refractivity contribution in [1.82, 2.24) is 0 Å². The fourth-order valence-electron chi connectivity index (χ4n) is 1.59. The Morgan fingerprint density at radius 2 is 2.00 bits per heavy atom. The molecule has 1 aromatic rings. The predicted octanol–water partition coefficient (Wildman–Crippen LogP) is 3.60. The van der Waals surface area contributed by atoms with Gasteiger partial charge in [0.2, 0.25) is 0 Å². The Bertz CT molecular complexity index is 459. The lowest BCUT2D eigenvalue weighted by atomic mass is 9.99. The molecule has 0 amide bonds. The molecule has 0 saturated carbocycles. The van der Waals surface area contributed by atoms with E-state index in [9.17, 15) is 8.42 Å². The number of alkyl halides is 1. The Kier molecular flexibility index (Phi) is 5.97. The Morgan fingerprint density at radius 1 is 1.35 bits per heavy atom. The van der Waals surface area contributed by atoms with Gasteiger partial charge in [0, 0.05) is 16.1 Å². The van der Waals surface area contributed by atoms with Crippen molar-refractivity contribution < 1.29 is 8.42 Å². The summed E-state index contributed by atoms with van der Waals surface area (Å²) in [7, 11) is -2.92. The molecule has 17 heavy (non-hydrogen) atoms. The molecule has 0 aliphatic heterocycles. The fraction of sp³-hybridized carbons (Fsp3) is 0.500. The summed E-state index contributed by atoms with van der Waals surface area (Å²) < 4.78 is 23.9. The minimum atomic E-state index is -2.92. The Balaban J connectivity index is 2.77. The molecule has 1 aromatic carbocycles. The molecule has 1 unspecified atom stereocenters. The smallest absolute Gasteiger partial charge is 0.150 e. The summed E-state index contributed by atoms with van der Waals surface area (Å²) in [4.78, 5) is 0.